The Labute approximate surface area is 119 Å². The Morgan fingerprint density at radius 1 is 1.25 bits per heavy atom. The number of carbonyl (C=O) groups is 1. The second-order valence-corrected chi connectivity index (χ2v) is 5.38. The Balaban J connectivity index is 1.85. The van der Waals surface area contributed by atoms with Gasteiger partial charge in [-0.05, 0) is 48.9 Å². The van der Waals surface area contributed by atoms with Crippen molar-refractivity contribution < 1.29 is 9.90 Å². The van der Waals surface area contributed by atoms with Crippen molar-refractivity contribution in [1.29, 1.82) is 0 Å². The standard InChI is InChI=1S/C15H12N2O2S/c1-9-6-10(2-5-13(9)18)15(19)17-11-3-4-12-14(7-11)20-8-16-12/h2-8,18H,1H3,(H,17,19). The molecule has 2 aromatic carbocycles. The molecule has 100 valence electrons. The van der Waals surface area contributed by atoms with Crippen LogP contribution in [0.4, 0.5) is 5.69 Å². The zero-order valence-corrected chi connectivity index (χ0v) is 11.6. The topological polar surface area (TPSA) is 62.2 Å². The minimum absolute atomic E-state index is 0.188. The fourth-order valence-corrected chi connectivity index (χ4v) is 2.65. The Bertz CT molecular complexity index is 795. The number of thiazole rings is 1. The number of aryl methyl sites for hydroxylation is 1. The molecule has 0 aliphatic heterocycles. The lowest BCUT2D eigenvalue weighted by molar-refractivity contribution is 0.102. The smallest absolute Gasteiger partial charge is 0.255 e. The quantitative estimate of drug-likeness (QED) is 0.756. The third-order valence-electron chi connectivity index (χ3n) is 3.05. The minimum atomic E-state index is -0.197. The van der Waals surface area contributed by atoms with Crippen LogP contribution < -0.4 is 5.32 Å². The monoisotopic (exact) mass is 284 g/mol. The van der Waals surface area contributed by atoms with Gasteiger partial charge >= 0.3 is 0 Å². The van der Waals surface area contributed by atoms with Gasteiger partial charge < -0.3 is 10.4 Å². The van der Waals surface area contributed by atoms with Gasteiger partial charge in [-0.25, -0.2) is 4.98 Å². The summed E-state index contributed by atoms with van der Waals surface area (Å²) in [6, 6.07) is 10.4. The summed E-state index contributed by atoms with van der Waals surface area (Å²) in [5.74, 6) is -0.00963. The number of benzene rings is 2. The number of aromatic hydroxyl groups is 1. The van der Waals surface area contributed by atoms with Crippen LogP contribution in [0.15, 0.2) is 41.9 Å². The van der Waals surface area contributed by atoms with Crippen LogP contribution in [0.2, 0.25) is 0 Å². The van der Waals surface area contributed by atoms with Crippen molar-refractivity contribution in [3.05, 3.63) is 53.0 Å². The van der Waals surface area contributed by atoms with Gasteiger partial charge in [-0.15, -0.1) is 11.3 Å². The third kappa shape index (κ3) is 2.35. The molecule has 5 heteroatoms. The first kappa shape index (κ1) is 12.6. The maximum absolute atomic E-state index is 12.1. The van der Waals surface area contributed by atoms with Crippen LogP contribution in [0.3, 0.4) is 0 Å². The number of amides is 1. The Morgan fingerprint density at radius 2 is 2.10 bits per heavy atom. The van der Waals surface area contributed by atoms with Gasteiger partial charge in [0, 0.05) is 11.3 Å². The number of fused-ring (bicyclic) bond motifs is 1. The predicted octanol–water partition coefficient (Wildman–Crippen LogP) is 3.56. The Hall–Kier alpha value is -2.40. The van der Waals surface area contributed by atoms with Crippen LogP contribution in [-0.2, 0) is 0 Å². The van der Waals surface area contributed by atoms with Crippen molar-refractivity contribution in [2.24, 2.45) is 0 Å². The molecule has 1 heterocycles. The number of anilines is 1. The van der Waals surface area contributed by atoms with Gasteiger partial charge in [0.2, 0.25) is 0 Å². The van der Waals surface area contributed by atoms with Gasteiger partial charge in [-0.2, -0.15) is 0 Å². The summed E-state index contributed by atoms with van der Waals surface area (Å²) in [4.78, 5) is 16.3. The molecule has 20 heavy (non-hydrogen) atoms. The van der Waals surface area contributed by atoms with Crippen molar-refractivity contribution in [2.45, 2.75) is 6.92 Å². The summed E-state index contributed by atoms with van der Waals surface area (Å²) in [5, 5.41) is 12.3. The van der Waals surface area contributed by atoms with Crippen LogP contribution in [0.25, 0.3) is 10.2 Å². The van der Waals surface area contributed by atoms with E-state index in [0.717, 1.165) is 15.9 Å². The summed E-state index contributed by atoms with van der Waals surface area (Å²) in [6.07, 6.45) is 0. The molecule has 2 N–H and O–H groups in total. The van der Waals surface area contributed by atoms with E-state index in [4.69, 9.17) is 0 Å². The molecule has 3 rings (SSSR count). The molecule has 0 bridgehead atoms. The van der Waals surface area contributed by atoms with Crippen molar-refractivity contribution in [1.82, 2.24) is 4.98 Å². The lowest BCUT2D eigenvalue weighted by atomic mass is 10.1. The normalized spacial score (nSPS) is 10.7. The van der Waals surface area contributed by atoms with E-state index in [2.05, 4.69) is 10.3 Å². The first-order valence-electron chi connectivity index (χ1n) is 6.08. The predicted molar refractivity (Wildman–Crippen MR) is 80.4 cm³/mol. The van der Waals surface area contributed by atoms with E-state index in [1.54, 1.807) is 24.6 Å². The van der Waals surface area contributed by atoms with Gasteiger partial charge in [0.15, 0.2) is 0 Å². The molecule has 1 amide bonds. The first-order valence-corrected chi connectivity index (χ1v) is 6.96. The summed E-state index contributed by atoms with van der Waals surface area (Å²) >= 11 is 1.53. The zero-order valence-electron chi connectivity index (χ0n) is 10.8. The van der Waals surface area contributed by atoms with E-state index < -0.39 is 0 Å². The Morgan fingerprint density at radius 3 is 2.90 bits per heavy atom. The van der Waals surface area contributed by atoms with E-state index in [1.165, 1.54) is 17.4 Å². The number of rotatable bonds is 2. The summed E-state index contributed by atoms with van der Waals surface area (Å²) in [7, 11) is 0. The molecule has 0 unspecified atom stereocenters. The van der Waals surface area contributed by atoms with Gasteiger partial charge in [-0.3, -0.25) is 4.79 Å². The largest absolute Gasteiger partial charge is 0.508 e. The summed E-state index contributed by atoms with van der Waals surface area (Å²) in [6.45, 7) is 1.76. The van der Waals surface area contributed by atoms with Gasteiger partial charge in [0.25, 0.3) is 5.91 Å². The first-order chi connectivity index (χ1) is 9.63. The highest BCUT2D eigenvalue weighted by Gasteiger charge is 2.08. The van der Waals surface area contributed by atoms with E-state index in [1.807, 2.05) is 18.2 Å². The molecule has 3 aromatic rings. The number of aromatic nitrogens is 1. The summed E-state index contributed by atoms with van der Waals surface area (Å²) < 4.78 is 1.03. The van der Waals surface area contributed by atoms with E-state index >= 15 is 0 Å². The third-order valence-corrected chi connectivity index (χ3v) is 3.84. The van der Waals surface area contributed by atoms with Crippen molar-refractivity contribution >= 4 is 33.1 Å². The van der Waals surface area contributed by atoms with Crippen LogP contribution in [0.1, 0.15) is 15.9 Å². The van der Waals surface area contributed by atoms with Gasteiger partial charge in [-0.1, -0.05) is 0 Å². The maximum atomic E-state index is 12.1. The van der Waals surface area contributed by atoms with E-state index in [0.29, 0.717) is 11.1 Å². The lowest BCUT2D eigenvalue weighted by Crippen LogP contribution is -2.11. The van der Waals surface area contributed by atoms with Crippen LogP contribution >= 0.6 is 11.3 Å². The lowest BCUT2D eigenvalue weighted by Gasteiger charge is -2.06. The number of phenols is 1. The highest BCUT2D eigenvalue weighted by molar-refractivity contribution is 7.16. The van der Waals surface area contributed by atoms with Crippen molar-refractivity contribution in [3.8, 4) is 5.75 Å². The van der Waals surface area contributed by atoms with Crippen LogP contribution in [-0.4, -0.2) is 16.0 Å². The second-order valence-electron chi connectivity index (χ2n) is 4.49. The average molecular weight is 284 g/mol. The molecule has 0 fully saturated rings. The van der Waals surface area contributed by atoms with Crippen molar-refractivity contribution in [3.63, 3.8) is 0 Å². The number of hydrogen-bond acceptors (Lipinski definition) is 4. The number of nitrogens with zero attached hydrogens (tertiary/aromatic N) is 1. The molecule has 0 atom stereocenters. The van der Waals surface area contributed by atoms with E-state index in [9.17, 15) is 9.90 Å². The molecule has 0 saturated carbocycles. The highest BCUT2D eigenvalue weighted by Crippen LogP contribution is 2.23. The van der Waals surface area contributed by atoms with Gasteiger partial charge in [0.05, 0.1) is 15.7 Å². The highest BCUT2D eigenvalue weighted by atomic mass is 32.1. The Kier molecular flexibility index (Phi) is 3.12. The fourth-order valence-electron chi connectivity index (χ4n) is 1.93. The summed E-state index contributed by atoms with van der Waals surface area (Å²) in [5.41, 5.74) is 4.63. The molecule has 4 nitrogen and oxygen atoms in total. The van der Waals surface area contributed by atoms with E-state index in [-0.39, 0.29) is 11.7 Å². The number of carbonyl (C=O) groups excluding carboxylic acids is 1. The fraction of sp³-hybridized carbons (Fsp3) is 0.0667. The minimum Gasteiger partial charge on any atom is -0.508 e. The molecule has 0 radical (unpaired) electrons. The molecular weight excluding hydrogens is 272 g/mol. The molecule has 0 aliphatic rings. The second kappa shape index (κ2) is 4.94. The van der Waals surface area contributed by atoms with Crippen molar-refractivity contribution in [2.75, 3.05) is 5.32 Å². The zero-order chi connectivity index (χ0) is 14.1. The molecule has 0 saturated heterocycles. The SMILES string of the molecule is Cc1cc(C(=O)Nc2ccc3ncsc3c2)ccc1O. The molecule has 0 spiro atoms. The van der Waals surface area contributed by atoms with Crippen LogP contribution in [0, 0.1) is 6.92 Å². The van der Waals surface area contributed by atoms with Crippen LogP contribution in [0.5, 0.6) is 5.75 Å². The molecule has 1 aromatic heterocycles. The number of nitrogens with one attached hydrogen (secondary N) is 1. The van der Waals surface area contributed by atoms with Gasteiger partial charge in [0.1, 0.15) is 5.75 Å². The average Bonchev–Trinajstić information content (AvgIpc) is 2.89. The maximum Gasteiger partial charge on any atom is 0.255 e. The molecular formula is C15H12N2O2S. The molecule has 0 aliphatic carbocycles. The number of hydrogen-bond donors (Lipinski definition) is 2. The number of phenolic OH excluding ortho intramolecular Hbond substituents is 1.